The number of nitrogens with two attached hydrogens (primary N) is 1. The van der Waals surface area contributed by atoms with Crippen LogP contribution in [-0.2, 0) is 6.54 Å². The summed E-state index contributed by atoms with van der Waals surface area (Å²) in [6, 6.07) is 8.75. The third kappa shape index (κ3) is 2.88. The molecule has 0 aliphatic carbocycles. The van der Waals surface area contributed by atoms with E-state index >= 15 is 0 Å². The second kappa shape index (κ2) is 5.88. The standard InChI is InChI=1S/C15H19N3O2/c1-10-8-15(19)18(11(2)17-10)9-13(16)12-6-4-5-7-14(12)20-3/h4-8,13H,9,16H2,1-3H3. The Kier molecular flexibility index (Phi) is 4.20. The van der Waals surface area contributed by atoms with E-state index < -0.39 is 0 Å². The van der Waals surface area contributed by atoms with Crippen LogP contribution in [0.15, 0.2) is 35.1 Å². The topological polar surface area (TPSA) is 70.1 Å². The molecule has 5 nitrogen and oxygen atoms in total. The molecule has 1 atom stereocenters. The lowest BCUT2D eigenvalue weighted by atomic mass is 10.1. The Balaban J connectivity index is 2.33. The predicted octanol–water partition coefficient (Wildman–Crippen LogP) is 1.57. The number of nitrogens with zero attached hydrogens (tertiary/aromatic N) is 2. The minimum atomic E-state index is -0.327. The fraction of sp³-hybridized carbons (Fsp3) is 0.333. The molecule has 0 spiro atoms. The second-order valence-corrected chi connectivity index (χ2v) is 4.74. The molecule has 0 saturated carbocycles. The minimum absolute atomic E-state index is 0.0830. The van der Waals surface area contributed by atoms with Crippen molar-refractivity contribution in [2.24, 2.45) is 5.73 Å². The Morgan fingerprint density at radius 1 is 1.35 bits per heavy atom. The van der Waals surface area contributed by atoms with Crippen molar-refractivity contribution in [2.45, 2.75) is 26.4 Å². The summed E-state index contributed by atoms with van der Waals surface area (Å²) in [5, 5.41) is 0. The van der Waals surface area contributed by atoms with Gasteiger partial charge in [-0.15, -0.1) is 0 Å². The highest BCUT2D eigenvalue weighted by atomic mass is 16.5. The lowest BCUT2D eigenvalue weighted by molar-refractivity contribution is 0.401. The van der Waals surface area contributed by atoms with Crippen LogP contribution in [0.25, 0.3) is 0 Å². The van der Waals surface area contributed by atoms with Gasteiger partial charge in [0, 0.05) is 23.9 Å². The summed E-state index contributed by atoms with van der Waals surface area (Å²) in [7, 11) is 1.61. The number of methoxy groups -OCH3 is 1. The average molecular weight is 273 g/mol. The van der Waals surface area contributed by atoms with Crippen LogP contribution in [0.1, 0.15) is 23.1 Å². The van der Waals surface area contributed by atoms with E-state index in [9.17, 15) is 4.79 Å². The molecule has 20 heavy (non-hydrogen) atoms. The molecule has 0 amide bonds. The zero-order valence-corrected chi connectivity index (χ0v) is 12.0. The molecule has 0 saturated heterocycles. The fourth-order valence-corrected chi connectivity index (χ4v) is 2.25. The number of aromatic nitrogens is 2. The van der Waals surface area contributed by atoms with Gasteiger partial charge >= 0.3 is 0 Å². The third-order valence-corrected chi connectivity index (χ3v) is 3.24. The van der Waals surface area contributed by atoms with Gasteiger partial charge in [-0.05, 0) is 19.9 Å². The molecular weight excluding hydrogens is 254 g/mol. The number of ether oxygens (including phenoxy) is 1. The third-order valence-electron chi connectivity index (χ3n) is 3.24. The highest BCUT2D eigenvalue weighted by molar-refractivity contribution is 5.35. The molecule has 1 unspecified atom stereocenters. The van der Waals surface area contributed by atoms with Crippen molar-refractivity contribution in [3.05, 3.63) is 57.8 Å². The van der Waals surface area contributed by atoms with Gasteiger partial charge in [0.05, 0.1) is 13.2 Å². The highest BCUT2D eigenvalue weighted by Crippen LogP contribution is 2.24. The van der Waals surface area contributed by atoms with Gasteiger partial charge in [-0.25, -0.2) is 4.98 Å². The fourth-order valence-electron chi connectivity index (χ4n) is 2.25. The van der Waals surface area contributed by atoms with Crippen molar-refractivity contribution in [3.8, 4) is 5.75 Å². The predicted molar refractivity (Wildman–Crippen MR) is 77.9 cm³/mol. The Bertz CT molecular complexity index is 664. The average Bonchev–Trinajstić information content (AvgIpc) is 2.42. The van der Waals surface area contributed by atoms with E-state index in [1.165, 1.54) is 6.07 Å². The molecule has 1 aromatic carbocycles. The molecule has 0 radical (unpaired) electrons. The lowest BCUT2D eigenvalue weighted by Crippen LogP contribution is -2.29. The summed E-state index contributed by atoms with van der Waals surface area (Å²) >= 11 is 0. The Morgan fingerprint density at radius 2 is 2.05 bits per heavy atom. The Morgan fingerprint density at radius 3 is 2.70 bits per heavy atom. The first-order valence-electron chi connectivity index (χ1n) is 6.46. The van der Waals surface area contributed by atoms with Gasteiger partial charge in [0.1, 0.15) is 11.6 Å². The Hall–Kier alpha value is -2.14. The van der Waals surface area contributed by atoms with Crippen LogP contribution >= 0.6 is 0 Å². The van der Waals surface area contributed by atoms with E-state index in [-0.39, 0.29) is 11.6 Å². The van der Waals surface area contributed by atoms with E-state index in [4.69, 9.17) is 10.5 Å². The number of aryl methyl sites for hydroxylation is 2. The van der Waals surface area contributed by atoms with E-state index in [1.807, 2.05) is 31.2 Å². The van der Waals surface area contributed by atoms with E-state index in [2.05, 4.69) is 4.98 Å². The summed E-state index contributed by atoms with van der Waals surface area (Å²) in [4.78, 5) is 16.3. The maximum absolute atomic E-state index is 12.0. The summed E-state index contributed by atoms with van der Waals surface area (Å²) < 4.78 is 6.89. The molecule has 106 valence electrons. The first-order valence-corrected chi connectivity index (χ1v) is 6.46. The van der Waals surface area contributed by atoms with Crippen molar-refractivity contribution in [1.82, 2.24) is 9.55 Å². The molecule has 0 aliphatic rings. The van der Waals surface area contributed by atoms with E-state index in [0.717, 1.165) is 17.0 Å². The monoisotopic (exact) mass is 273 g/mol. The molecule has 2 rings (SSSR count). The van der Waals surface area contributed by atoms with Crippen LogP contribution in [0, 0.1) is 13.8 Å². The quantitative estimate of drug-likeness (QED) is 0.918. The van der Waals surface area contributed by atoms with Crippen molar-refractivity contribution >= 4 is 0 Å². The zero-order valence-electron chi connectivity index (χ0n) is 12.0. The van der Waals surface area contributed by atoms with Crippen LogP contribution in [0.3, 0.4) is 0 Å². The van der Waals surface area contributed by atoms with Crippen molar-refractivity contribution in [3.63, 3.8) is 0 Å². The maximum Gasteiger partial charge on any atom is 0.253 e. The van der Waals surface area contributed by atoms with Gasteiger partial charge in [0.25, 0.3) is 5.56 Å². The number of para-hydroxylation sites is 1. The van der Waals surface area contributed by atoms with Crippen LogP contribution < -0.4 is 16.0 Å². The molecule has 0 bridgehead atoms. The molecule has 2 aromatic rings. The zero-order chi connectivity index (χ0) is 14.7. The SMILES string of the molecule is COc1ccccc1C(N)Cn1c(C)nc(C)cc1=O. The maximum atomic E-state index is 12.0. The van der Waals surface area contributed by atoms with Crippen LogP contribution in [-0.4, -0.2) is 16.7 Å². The smallest absolute Gasteiger partial charge is 0.253 e. The molecule has 5 heteroatoms. The van der Waals surface area contributed by atoms with Gasteiger partial charge in [0.2, 0.25) is 0 Å². The minimum Gasteiger partial charge on any atom is -0.496 e. The number of hydrogen-bond donors (Lipinski definition) is 1. The summed E-state index contributed by atoms with van der Waals surface area (Å²) in [6.07, 6.45) is 0. The van der Waals surface area contributed by atoms with Gasteiger partial charge < -0.3 is 10.5 Å². The van der Waals surface area contributed by atoms with Gasteiger partial charge in [-0.2, -0.15) is 0 Å². The van der Waals surface area contributed by atoms with Gasteiger partial charge in [-0.1, -0.05) is 18.2 Å². The van der Waals surface area contributed by atoms with Crippen molar-refractivity contribution in [2.75, 3.05) is 7.11 Å². The first-order chi connectivity index (χ1) is 9.52. The van der Waals surface area contributed by atoms with Crippen molar-refractivity contribution in [1.29, 1.82) is 0 Å². The molecule has 1 aromatic heterocycles. The lowest BCUT2D eigenvalue weighted by Gasteiger charge is -2.18. The molecule has 0 aliphatic heterocycles. The van der Waals surface area contributed by atoms with Gasteiger partial charge in [0.15, 0.2) is 0 Å². The highest BCUT2D eigenvalue weighted by Gasteiger charge is 2.14. The molecule has 2 N–H and O–H groups in total. The van der Waals surface area contributed by atoms with Crippen molar-refractivity contribution < 1.29 is 4.74 Å². The van der Waals surface area contributed by atoms with Crippen LogP contribution in [0.5, 0.6) is 5.75 Å². The summed E-state index contributed by atoms with van der Waals surface area (Å²) in [6.45, 7) is 3.99. The summed E-state index contributed by atoms with van der Waals surface area (Å²) in [5.41, 5.74) is 7.72. The molecular formula is C15H19N3O2. The van der Waals surface area contributed by atoms with Crippen LogP contribution in [0.2, 0.25) is 0 Å². The normalized spacial score (nSPS) is 12.2. The number of benzene rings is 1. The molecule has 0 fully saturated rings. The second-order valence-electron chi connectivity index (χ2n) is 4.74. The summed E-state index contributed by atoms with van der Waals surface area (Å²) in [5.74, 6) is 1.39. The molecule has 1 heterocycles. The van der Waals surface area contributed by atoms with E-state index in [1.54, 1.807) is 18.6 Å². The number of rotatable bonds is 4. The first kappa shape index (κ1) is 14.3. The van der Waals surface area contributed by atoms with Gasteiger partial charge in [-0.3, -0.25) is 9.36 Å². The number of hydrogen-bond acceptors (Lipinski definition) is 4. The van der Waals surface area contributed by atoms with Crippen LogP contribution in [0.4, 0.5) is 0 Å². The Labute approximate surface area is 118 Å². The largest absolute Gasteiger partial charge is 0.496 e. The van der Waals surface area contributed by atoms with E-state index in [0.29, 0.717) is 12.4 Å².